The van der Waals surface area contributed by atoms with Gasteiger partial charge in [0.25, 0.3) is 5.91 Å². The molecule has 2 aromatic carbocycles. The van der Waals surface area contributed by atoms with Gasteiger partial charge in [-0.25, -0.2) is 4.39 Å². The van der Waals surface area contributed by atoms with Gasteiger partial charge >= 0.3 is 0 Å². The second-order valence-electron chi connectivity index (χ2n) is 8.94. The fourth-order valence-corrected chi connectivity index (χ4v) is 4.28. The molecule has 3 amide bonds. The van der Waals surface area contributed by atoms with Crippen LogP contribution < -0.4 is 10.6 Å². The van der Waals surface area contributed by atoms with Gasteiger partial charge in [0.1, 0.15) is 11.9 Å². The molecule has 1 atom stereocenters. The first-order valence-electron chi connectivity index (χ1n) is 11.7. The summed E-state index contributed by atoms with van der Waals surface area (Å²) in [7, 11) is 0. The van der Waals surface area contributed by atoms with E-state index in [9.17, 15) is 18.8 Å². The fraction of sp³-hybridized carbons (Fsp3) is 0.423. The number of aryl methyl sites for hydroxylation is 1. The topological polar surface area (TPSA) is 78.5 Å². The van der Waals surface area contributed by atoms with Gasteiger partial charge in [-0.1, -0.05) is 30.3 Å². The lowest BCUT2D eigenvalue weighted by Crippen LogP contribution is -2.54. The maximum Gasteiger partial charge on any atom is 0.251 e. The van der Waals surface area contributed by atoms with Gasteiger partial charge in [-0.05, 0) is 67.9 Å². The molecule has 174 valence electrons. The number of carbonyl (C=O) groups is 3. The molecule has 2 aliphatic rings. The van der Waals surface area contributed by atoms with Crippen molar-refractivity contribution >= 4 is 17.7 Å². The van der Waals surface area contributed by atoms with E-state index in [1.807, 2.05) is 35.2 Å². The second kappa shape index (κ2) is 10.6. The van der Waals surface area contributed by atoms with Crippen molar-refractivity contribution in [3.05, 3.63) is 71.5 Å². The van der Waals surface area contributed by atoms with Gasteiger partial charge in [0.2, 0.25) is 11.8 Å². The van der Waals surface area contributed by atoms with Gasteiger partial charge in [-0.2, -0.15) is 0 Å². The first kappa shape index (κ1) is 23.0. The molecule has 4 rings (SSSR count). The predicted octanol–water partition coefficient (Wildman–Crippen LogP) is 3.07. The Morgan fingerprint density at radius 3 is 2.24 bits per heavy atom. The lowest BCUT2D eigenvalue weighted by Gasteiger charge is -2.36. The van der Waals surface area contributed by atoms with Crippen LogP contribution in [0.25, 0.3) is 0 Å². The lowest BCUT2D eigenvalue weighted by molar-refractivity contribution is -0.133. The van der Waals surface area contributed by atoms with Crippen LogP contribution in [0.4, 0.5) is 4.39 Å². The fourth-order valence-electron chi connectivity index (χ4n) is 4.28. The highest BCUT2D eigenvalue weighted by Crippen LogP contribution is 2.24. The smallest absolute Gasteiger partial charge is 0.251 e. The van der Waals surface area contributed by atoms with Gasteiger partial charge in [-0.3, -0.25) is 14.4 Å². The zero-order valence-electron chi connectivity index (χ0n) is 18.6. The molecule has 2 aromatic rings. The van der Waals surface area contributed by atoms with Crippen molar-refractivity contribution in [2.24, 2.45) is 5.92 Å². The largest absolute Gasteiger partial charge is 0.352 e. The molecule has 1 heterocycles. The molecule has 7 heteroatoms. The summed E-state index contributed by atoms with van der Waals surface area (Å²) in [5, 5.41) is 5.86. The summed E-state index contributed by atoms with van der Waals surface area (Å²) in [6, 6.07) is 14.7. The summed E-state index contributed by atoms with van der Waals surface area (Å²) < 4.78 is 13.2. The number of benzene rings is 2. The van der Waals surface area contributed by atoms with E-state index in [1.54, 1.807) is 0 Å². The van der Waals surface area contributed by atoms with Crippen LogP contribution in [-0.2, 0) is 16.0 Å². The number of likely N-dealkylation sites (tertiary alicyclic amines) is 1. The highest BCUT2D eigenvalue weighted by atomic mass is 19.1. The van der Waals surface area contributed by atoms with Crippen molar-refractivity contribution in [1.29, 1.82) is 0 Å². The predicted molar refractivity (Wildman–Crippen MR) is 123 cm³/mol. The normalized spacial score (nSPS) is 17.3. The minimum absolute atomic E-state index is 0.0636. The Kier molecular flexibility index (Phi) is 7.37. The number of nitrogens with zero attached hydrogens (tertiary/aromatic N) is 1. The SMILES string of the molecule is O=C(NC(C(=O)NC1CC1)C1CCN(C(=O)CCc2ccccc2)CC1)c1ccc(F)cc1. The maximum absolute atomic E-state index is 13.2. The molecule has 2 N–H and O–H groups in total. The molecule has 0 radical (unpaired) electrons. The molecule has 1 saturated carbocycles. The van der Waals surface area contributed by atoms with Crippen LogP contribution in [-0.4, -0.2) is 47.8 Å². The molecule has 6 nitrogen and oxygen atoms in total. The van der Waals surface area contributed by atoms with E-state index in [4.69, 9.17) is 0 Å². The Balaban J connectivity index is 1.34. The van der Waals surface area contributed by atoms with Gasteiger partial charge in [0.15, 0.2) is 0 Å². The van der Waals surface area contributed by atoms with E-state index in [2.05, 4.69) is 10.6 Å². The quantitative estimate of drug-likeness (QED) is 0.648. The van der Waals surface area contributed by atoms with Crippen molar-refractivity contribution in [3.63, 3.8) is 0 Å². The molecule has 1 aliphatic carbocycles. The minimum Gasteiger partial charge on any atom is -0.352 e. The van der Waals surface area contributed by atoms with Crippen molar-refractivity contribution in [1.82, 2.24) is 15.5 Å². The van der Waals surface area contributed by atoms with Crippen LogP contribution >= 0.6 is 0 Å². The summed E-state index contributed by atoms with van der Waals surface area (Å²) in [6.45, 7) is 1.13. The Hall–Kier alpha value is -3.22. The number of halogens is 1. The van der Waals surface area contributed by atoms with E-state index in [-0.39, 0.29) is 23.8 Å². The van der Waals surface area contributed by atoms with Gasteiger partial charge in [0.05, 0.1) is 0 Å². The van der Waals surface area contributed by atoms with Gasteiger partial charge < -0.3 is 15.5 Å². The molecule has 2 fully saturated rings. The number of rotatable bonds is 8. The molecule has 0 spiro atoms. The summed E-state index contributed by atoms with van der Waals surface area (Å²) in [5.74, 6) is -0.939. The van der Waals surface area contributed by atoms with Gasteiger partial charge in [0, 0.05) is 31.1 Å². The number of nitrogens with one attached hydrogen (secondary N) is 2. The third-order valence-corrected chi connectivity index (χ3v) is 6.43. The standard InChI is InChI=1S/C26H30FN3O3/c27-21-9-7-20(8-10-21)25(32)29-24(26(33)28-22-11-12-22)19-14-16-30(17-15-19)23(31)13-6-18-4-2-1-3-5-18/h1-5,7-10,19,22,24H,6,11-17H2,(H,28,33)(H,29,32). The highest BCUT2D eigenvalue weighted by molar-refractivity contribution is 5.97. The van der Waals surface area contributed by atoms with Crippen LogP contribution in [0.15, 0.2) is 54.6 Å². The molecule has 33 heavy (non-hydrogen) atoms. The van der Waals surface area contributed by atoms with E-state index in [0.717, 1.165) is 18.4 Å². The van der Waals surface area contributed by atoms with Crippen molar-refractivity contribution < 1.29 is 18.8 Å². The van der Waals surface area contributed by atoms with Crippen LogP contribution in [0.3, 0.4) is 0 Å². The average molecular weight is 452 g/mol. The third kappa shape index (κ3) is 6.40. The molecule has 1 aliphatic heterocycles. The summed E-state index contributed by atoms with van der Waals surface area (Å²) in [6.07, 6.45) is 4.37. The van der Waals surface area contributed by atoms with E-state index >= 15 is 0 Å². The van der Waals surface area contributed by atoms with E-state index in [0.29, 0.717) is 44.3 Å². The molecular weight excluding hydrogens is 421 g/mol. The maximum atomic E-state index is 13.2. The van der Waals surface area contributed by atoms with Crippen molar-refractivity contribution in [2.75, 3.05) is 13.1 Å². The Morgan fingerprint density at radius 2 is 1.61 bits per heavy atom. The number of carbonyl (C=O) groups excluding carboxylic acids is 3. The Labute approximate surface area is 193 Å². The zero-order valence-corrected chi connectivity index (χ0v) is 18.6. The molecule has 1 saturated heterocycles. The highest BCUT2D eigenvalue weighted by Gasteiger charge is 2.36. The molecular formula is C26H30FN3O3. The average Bonchev–Trinajstić information content (AvgIpc) is 3.66. The monoisotopic (exact) mass is 451 g/mol. The Bertz CT molecular complexity index is 968. The molecule has 0 bridgehead atoms. The number of piperidine rings is 1. The van der Waals surface area contributed by atoms with E-state index in [1.165, 1.54) is 24.3 Å². The summed E-state index contributed by atoms with van der Waals surface area (Å²) in [5.41, 5.74) is 1.45. The molecule has 0 aromatic heterocycles. The van der Waals surface area contributed by atoms with Crippen LogP contribution in [0.5, 0.6) is 0 Å². The second-order valence-corrected chi connectivity index (χ2v) is 8.94. The first-order chi connectivity index (χ1) is 16.0. The minimum atomic E-state index is -0.676. The third-order valence-electron chi connectivity index (χ3n) is 6.43. The van der Waals surface area contributed by atoms with Crippen molar-refractivity contribution in [3.8, 4) is 0 Å². The van der Waals surface area contributed by atoms with Crippen molar-refractivity contribution in [2.45, 2.75) is 50.6 Å². The summed E-state index contributed by atoms with van der Waals surface area (Å²) in [4.78, 5) is 40.2. The number of hydrogen-bond donors (Lipinski definition) is 2. The molecule has 1 unspecified atom stereocenters. The summed E-state index contributed by atoms with van der Waals surface area (Å²) >= 11 is 0. The number of amides is 3. The lowest BCUT2D eigenvalue weighted by atomic mass is 9.88. The van der Waals surface area contributed by atoms with Crippen LogP contribution in [0.1, 0.15) is 48.0 Å². The zero-order chi connectivity index (χ0) is 23.2. The van der Waals surface area contributed by atoms with Crippen LogP contribution in [0.2, 0.25) is 0 Å². The first-order valence-corrected chi connectivity index (χ1v) is 11.7. The van der Waals surface area contributed by atoms with E-state index < -0.39 is 17.8 Å². The van der Waals surface area contributed by atoms with Gasteiger partial charge in [-0.15, -0.1) is 0 Å². The van der Waals surface area contributed by atoms with Crippen LogP contribution in [0, 0.1) is 11.7 Å². The number of hydrogen-bond acceptors (Lipinski definition) is 3. The Morgan fingerprint density at radius 1 is 0.939 bits per heavy atom.